The van der Waals surface area contributed by atoms with Crippen LogP contribution in [0.3, 0.4) is 0 Å². The van der Waals surface area contributed by atoms with Crippen LogP contribution in [0.25, 0.3) is 0 Å². The maximum atomic E-state index is 12.7. The topological polar surface area (TPSA) is 77.9 Å². The summed E-state index contributed by atoms with van der Waals surface area (Å²) in [6.45, 7) is 2.76. The van der Waals surface area contributed by atoms with Crippen molar-refractivity contribution in [1.29, 1.82) is 0 Å². The summed E-state index contributed by atoms with van der Waals surface area (Å²) in [5.74, 6) is -0.369. The first kappa shape index (κ1) is 18.7. The fourth-order valence-electron chi connectivity index (χ4n) is 2.88. The average Bonchev–Trinajstić information content (AvgIpc) is 2.63. The van der Waals surface area contributed by atoms with E-state index in [2.05, 4.69) is 0 Å². The molecule has 1 amide bonds. The van der Waals surface area contributed by atoms with Gasteiger partial charge in [-0.3, -0.25) is 4.79 Å². The molecule has 1 heterocycles. The number of aryl methyl sites for hydroxylation is 1. The lowest BCUT2D eigenvalue weighted by atomic mass is 10.1. The number of nitrogens with zero attached hydrogens (tertiary/aromatic N) is 2. The predicted molar refractivity (Wildman–Crippen MR) is 99.0 cm³/mol. The minimum Gasteiger partial charge on any atom is -0.507 e. The van der Waals surface area contributed by atoms with Gasteiger partial charge in [-0.25, -0.2) is 8.42 Å². The van der Waals surface area contributed by atoms with Gasteiger partial charge in [0.15, 0.2) is 0 Å². The number of hydrogen-bond acceptors (Lipinski definition) is 4. The summed E-state index contributed by atoms with van der Waals surface area (Å²) >= 11 is 5.81. The van der Waals surface area contributed by atoms with Gasteiger partial charge < -0.3 is 10.0 Å². The van der Waals surface area contributed by atoms with Crippen LogP contribution in [0.1, 0.15) is 15.9 Å². The Kier molecular flexibility index (Phi) is 5.22. The molecule has 0 spiro atoms. The smallest absolute Gasteiger partial charge is 0.257 e. The Balaban J connectivity index is 1.71. The number of piperazine rings is 1. The Morgan fingerprint density at radius 3 is 2.27 bits per heavy atom. The molecule has 0 saturated carbocycles. The summed E-state index contributed by atoms with van der Waals surface area (Å²) in [7, 11) is -3.62. The molecule has 0 aliphatic carbocycles. The van der Waals surface area contributed by atoms with Crippen molar-refractivity contribution >= 4 is 27.5 Å². The van der Waals surface area contributed by atoms with Crippen LogP contribution in [0.15, 0.2) is 47.4 Å². The van der Waals surface area contributed by atoms with Crippen molar-refractivity contribution in [1.82, 2.24) is 9.21 Å². The normalized spacial score (nSPS) is 15.8. The number of carbonyl (C=O) groups is 1. The second kappa shape index (κ2) is 7.26. The Morgan fingerprint density at radius 1 is 1.04 bits per heavy atom. The standard InChI is InChI=1S/C18H19ClN2O4S/c1-13-2-7-17(22)16(12-13)18(23)20-8-10-21(11-9-20)26(24,25)15-5-3-14(19)4-6-15/h2-7,12,22H,8-11H2,1H3. The van der Waals surface area contributed by atoms with Gasteiger partial charge in [-0.2, -0.15) is 4.31 Å². The van der Waals surface area contributed by atoms with Crippen LogP contribution < -0.4 is 0 Å². The van der Waals surface area contributed by atoms with E-state index < -0.39 is 10.0 Å². The summed E-state index contributed by atoms with van der Waals surface area (Å²) in [5.41, 5.74) is 1.11. The first-order valence-electron chi connectivity index (χ1n) is 8.13. The molecule has 0 aromatic heterocycles. The van der Waals surface area contributed by atoms with Gasteiger partial charge in [-0.05, 0) is 43.3 Å². The molecule has 1 saturated heterocycles. The number of aromatic hydroxyl groups is 1. The Hall–Kier alpha value is -2.09. The van der Waals surface area contributed by atoms with Gasteiger partial charge in [-0.1, -0.05) is 23.2 Å². The highest BCUT2D eigenvalue weighted by atomic mass is 35.5. The average molecular weight is 395 g/mol. The number of sulfonamides is 1. The monoisotopic (exact) mass is 394 g/mol. The molecule has 6 nitrogen and oxygen atoms in total. The van der Waals surface area contributed by atoms with Gasteiger partial charge in [0.25, 0.3) is 5.91 Å². The first-order chi connectivity index (χ1) is 12.3. The number of rotatable bonds is 3. The summed E-state index contributed by atoms with van der Waals surface area (Å²) in [6.07, 6.45) is 0. The zero-order valence-electron chi connectivity index (χ0n) is 14.2. The molecule has 0 atom stereocenters. The van der Waals surface area contributed by atoms with Crippen LogP contribution in [-0.4, -0.2) is 54.8 Å². The molecule has 138 valence electrons. The number of benzene rings is 2. The van der Waals surface area contributed by atoms with Crippen molar-refractivity contribution in [3.8, 4) is 5.75 Å². The third-order valence-corrected chi connectivity index (χ3v) is 6.52. The minimum absolute atomic E-state index is 0.0724. The number of hydrogen-bond donors (Lipinski definition) is 1. The zero-order chi connectivity index (χ0) is 18.9. The quantitative estimate of drug-likeness (QED) is 0.867. The first-order valence-corrected chi connectivity index (χ1v) is 9.95. The fraction of sp³-hybridized carbons (Fsp3) is 0.278. The molecule has 2 aromatic carbocycles. The summed E-state index contributed by atoms with van der Waals surface area (Å²) < 4.78 is 26.7. The largest absolute Gasteiger partial charge is 0.507 e. The van der Waals surface area contributed by atoms with Crippen molar-refractivity contribution in [2.24, 2.45) is 0 Å². The Bertz CT molecular complexity index is 921. The van der Waals surface area contributed by atoms with E-state index in [9.17, 15) is 18.3 Å². The predicted octanol–water partition coefficient (Wildman–Crippen LogP) is 2.50. The molecule has 1 aliphatic heterocycles. The van der Waals surface area contributed by atoms with Crippen molar-refractivity contribution < 1.29 is 18.3 Å². The van der Waals surface area contributed by atoms with Crippen molar-refractivity contribution in [3.63, 3.8) is 0 Å². The SMILES string of the molecule is Cc1ccc(O)c(C(=O)N2CCN(S(=O)(=O)c3ccc(Cl)cc3)CC2)c1. The maximum absolute atomic E-state index is 12.7. The number of carbonyl (C=O) groups excluding carboxylic acids is 1. The van der Waals surface area contributed by atoms with Crippen LogP contribution in [0.5, 0.6) is 5.75 Å². The third kappa shape index (κ3) is 3.70. The van der Waals surface area contributed by atoms with Gasteiger partial charge in [0.1, 0.15) is 5.75 Å². The highest BCUT2D eigenvalue weighted by molar-refractivity contribution is 7.89. The van der Waals surface area contributed by atoms with Crippen LogP contribution in [0, 0.1) is 6.92 Å². The second-order valence-electron chi connectivity index (χ2n) is 6.17. The van der Waals surface area contributed by atoms with Crippen molar-refractivity contribution in [3.05, 3.63) is 58.6 Å². The summed E-state index contributed by atoms with van der Waals surface area (Å²) in [6, 6.07) is 10.9. The third-order valence-electron chi connectivity index (χ3n) is 4.36. The van der Waals surface area contributed by atoms with E-state index in [1.54, 1.807) is 17.0 Å². The molecular weight excluding hydrogens is 376 g/mol. The van der Waals surface area contributed by atoms with Gasteiger partial charge in [0.05, 0.1) is 10.5 Å². The summed E-state index contributed by atoms with van der Waals surface area (Å²) in [5, 5.41) is 10.4. The van der Waals surface area contributed by atoms with Gasteiger partial charge in [-0.15, -0.1) is 0 Å². The molecular formula is C18H19ClN2O4S. The molecule has 2 aromatic rings. The second-order valence-corrected chi connectivity index (χ2v) is 8.55. The highest BCUT2D eigenvalue weighted by Gasteiger charge is 2.31. The van der Waals surface area contributed by atoms with E-state index in [0.717, 1.165) is 5.56 Å². The lowest BCUT2D eigenvalue weighted by molar-refractivity contribution is 0.0694. The number of phenols is 1. The van der Waals surface area contributed by atoms with Crippen LogP contribution >= 0.6 is 11.6 Å². The minimum atomic E-state index is -3.62. The molecule has 1 aliphatic rings. The Labute approximate surface area is 157 Å². The number of halogens is 1. The molecule has 0 unspecified atom stereocenters. The van der Waals surface area contributed by atoms with E-state index >= 15 is 0 Å². The summed E-state index contributed by atoms with van der Waals surface area (Å²) in [4.78, 5) is 14.4. The number of phenolic OH excluding ortho intramolecular Hbond substituents is 1. The van der Waals surface area contributed by atoms with Gasteiger partial charge in [0, 0.05) is 31.2 Å². The van der Waals surface area contributed by atoms with E-state index in [0.29, 0.717) is 5.02 Å². The zero-order valence-corrected chi connectivity index (χ0v) is 15.8. The molecule has 8 heteroatoms. The molecule has 0 radical (unpaired) electrons. The lowest BCUT2D eigenvalue weighted by Crippen LogP contribution is -2.50. The molecule has 3 rings (SSSR count). The maximum Gasteiger partial charge on any atom is 0.257 e. The fourth-order valence-corrected chi connectivity index (χ4v) is 4.43. The van der Waals surface area contributed by atoms with Gasteiger partial charge in [0.2, 0.25) is 10.0 Å². The van der Waals surface area contributed by atoms with Crippen molar-refractivity contribution in [2.45, 2.75) is 11.8 Å². The molecule has 26 heavy (non-hydrogen) atoms. The van der Waals surface area contributed by atoms with Crippen LogP contribution in [-0.2, 0) is 10.0 Å². The molecule has 1 fully saturated rings. The highest BCUT2D eigenvalue weighted by Crippen LogP contribution is 2.23. The van der Waals surface area contributed by atoms with Gasteiger partial charge >= 0.3 is 0 Å². The number of amides is 1. The molecule has 1 N–H and O–H groups in total. The van der Waals surface area contributed by atoms with E-state index in [1.165, 1.54) is 34.6 Å². The van der Waals surface area contributed by atoms with E-state index in [4.69, 9.17) is 11.6 Å². The van der Waals surface area contributed by atoms with E-state index in [-0.39, 0.29) is 48.3 Å². The van der Waals surface area contributed by atoms with Crippen LogP contribution in [0.4, 0.5) is 0 Å². The Morgan fingerprint density at radius 2 is 1.65 bits per heavy atom. The lowest BCUT2D eigenvalue weighted by Gasteiger charge is -2.34. The van der Waals surface area contributed by atoms with Crippen LogP contribution in [0.2, 0.25) is 5.02 Å². The van der Waals surface area contributed by atoms with Crippen molar-refractivity contribution in [2.75, 3.05) is 26.2 Å². The molecule has 0 bridgehead atoms. The van der Waals surface area contributed by atoms with E-state index in [1.807, 2.05) is 6.92 Å².